The molecule has 1 N–H and O–H groups in total. The Labute approximate surface area is 159 Å². The van der Waals surface area contributed by atoms with Gasteiger partial charge >= 0.3 is 5.69 Å². The second-order valence-corrected chi connectivity index (χ2v) is 7.53. The molecule has 0 atom stereocenters. The highest BCUT2D eigenvalue weighted by molar-refractivity contribution is 7.99. The van der Waals surface area contributed by atoms with Crippen molar-refractivity contribution in [3.05, 3.63) is 67.8 Å². The third kappa shape index (κ3) is 3.94. The van der Waals surface area contributed by atoms with E-state index in [2.05, 4.69) is 22.1 Å². The number of halogens is 1. The van der Waals surface area contributed by atoms with E-state index in [1.165, 1.54) is 10.1 Å². The molecule has 0 aliphatic carbocycles. The average molecular weight is 391 g/mol. The Balaban J connectivity index is 1.97. The summed E-state index contributed by atoms with van der Waals surface area (Å²) >= 11 is 7.51. The van der Waals surface area contributed by atoms with Gasteiger partial charge in [-0.05, 0) is 18.9 Å². The van der Waals surface area contributed by atoms with Crippen molar-refractivity contribution in [2.75, 3.05) is 5.75 Å². The Hall–Kier alpha value is -2.25. The monoisotopic (exact) mass is 390 g/mol. The van der Waals surface area contributed by atoms with E-state index in [0.717, 1.165) is 12.2 Å². The van der Waals surface area contributed by atoms with Crippen LogP contribution in [0.25, 0.3) is 11.2 Å². The van der Waals surface area contributed by atoms with Crippen LogP contribution in [0, 0.1) is 0 Å². The molecule has 2 aromatic heterocycles. The molecule has 0 saturated heterocycles. The number of rotatable bonds is 6. The van der Waals surface area contributed by atoms with Crippen molar-refractivity contribution >= 4 is 34.5 Å². The summed E-state index contributed by atoms with van der Waals surface area (Å²) in [6.45, 7) is 2.20. The van der Waals surface area contributed by atoms with Gasteiger partial charge < -0.3 is 4.57 Å². The number of aryl methyl sites for hydroxylation is 2. The zero-order chi connectivity index (χ0) is 18.7. The molecule has 0 amide bonds. The summed E-state index contributed by atoms with van der Waals surface area (Å²) in [5.74, 6) is 0.808. The zero-order valence-corrected chi connectivity index (χ0v) is 16.1. The van der Waals surface area contributed by atoms with Crippen molar-refractivity contribution in [1.29, 1.82) is 0 Å². The van der Waals surface area contributed by atoms with Gasteiger partial charge in [0.2, 0.25) is 0 Å². The van der Waals surface area contributed by atoms with Crippen LogP contribution in [0.4, 0.5) is 0 Å². The first kappa shape index (κ1) is 18.5. The minimum atomic E-state index is -0.475. The van der Waals surface area contributed by atoms with Gasteiger partial charge in [0, 0.05) is 24.4 Å². The minimum Gasteiger partial charge on any atom is -0.309 e. The maximum Gasteiger partial charge on any atom is 0.329 e. The van der Waals surface area contributed by atoms with E-state index in [9.17, 15) is 9.59 Å². The number of fused-ring (bicyclic) bond motifs is 1. The van der Waals surface area contributed by atoms with Gasteiger partial charge in [-0.3, -0.25) is 14.3 Å². The summed E-state index contributed by atoms with van der Waals surface area (Å²) in [5.41, 5.74) is 1.08. The molecule has 1 aromatic carbocycles. The quantitative estimate of drug-likeness (QED) is 0.657. The second-order valence-electron chi connectivity index (χ2n) is 5.87. The van der Waals surface area contributed by atoms with Gasteiger partial charge in [0.1, 0.15) is 0 Å². The molecule has 2 heterocycles. The van der Waals surface area contributed by atoms with Crippen molar-refractivity contribution in [1.82, 2.24) is 19.1 Å². The van der Waals surface area contributed by atoms with Crippen LogP contribution < -0.4 is 11.2 Å². The molecular formula is C18H19ClN4O2S. The van der Waals surface area contributed by atoms with Crippen LogP contribution in [-0.2, 0) is 20.0 Å². The summed E-state index contributed by atoms with van der Waals surface area (Å²) in [7, 11) is 1.60. The standard InChI is InChI=1S/C18H19ClN4O2S/c1-12(19)8-10-23-14-15(22(2)17(25)21-16(14)24)20-18(23)26-11-9-13-6-4-3-5-7-13/h3-8H,9-11H2,1-2H3,(H,21,24,25)/b12-8-. The summed E-state index contributed by atoms with van der Waals surface area (Å²) in [6, 6.07) is 10.2. The fraction of sp³-hybridized carbons (Fsp3) is 0.278. The number of nitrogens with zero attached hydrogens (tertiary/aromatic N) is 3. The second kappa shape index (κ2) is 7.97. The highest BCUT2D eigenvalue weighted by Crippen LogP contribution is 2.23. The molecule has 26 heavy (non-hydrogen) atoms. The first-order chi connectivity index (χ1) is 12.5. The van der Waals surface area contributed by atoms with E-state index in [1.54, 1.807) is 30.3 Å². The molecule has 8 heteroatoms. The van der Waals surface area contributed by atoms with Crippen LogP contribution in [0.2, 0.25) is 0 Å². The molecule has 0 bridgehead atoms. The van der Waals surface area contributed by atoms with Gasteiger partial charge in [-0.1, -0.05) is 59.8 Å². The van der Waals surface area contributed by atoms with Crippen LogP contribution in [0.5, 0.6) is 0 Å². The summed E-state index contributed by atoms with van der Waals surface area (Å²) in [4.78, 5) is 31.1. The van der Waals surface area contributed by atoms with Crippen LogP contribution in [0.1, 0.15) is 12.5 Å². The van der Waals surface area contributed by atoms with Crippen molar-refractivity contribution in [2.45, 2.75) is 25.0 Å². The molecule has 0 fully saturated rings. The summed E-state index contributed by atoms with van der Waals surface area (Å²) < 4.78 is 3.15. The average Bonchev–Trinajstić information content (AvgIpc) is 2.98. The molecule has 0 saturated carbocycles. The Morgan fingerprint density at radius 3 is 2.73 bits per heavy atom. The molecule has 0 unspecified atom stereocenters. The molecule has 0 radical (unpaired) electrons. The molecule has 3 rings (SSSR count). The maximum absolute atomic E-state index is 12.3. The van der Waals surface area contributed by atoms with E-state index in [-0.39, 0.29) is 0 Å². The molecule has 0 spiro atoms. The van der Waals surface area contributed by atoms with Crippen LogP contribution in [-0.4, -0.2) is 24.9 Å². The first-order valence-corrected chi connectivity index (χ1v) is 9.52. The number of hydrogen-bond acceptors (Lipinski definition) is 4. The van der Waals surface area contributed by atoms with Gasteiger partial charge in [0.15, 0.2) is 16.3 Å². The number of imidazole rings is 1. The lowest BCUT2D eigenvalue weighted by Crippen LogP contribution is -2.29. The fourth-order valence-electron chi connectivity index (χ4n) is 2.62. The smallest absolute Gasteiger partial charge is 0.309 e. The van der Waals surface area contributed by atoms with Crippen molar-refractivity contribution < 1.29 is 0 Å². The lowest BCUT2D eigenvalue weighted by molar-refractivity contribution is 0.742. The topological polar surface area (TPSA) is 72.7 Å². The van der Waals surface area contributed by atoms with E-state index >= 15 is 0 Å². The van der Waals surface area contributed by atoms with Gasteiger partial charge in [-0.2, -0.15) is 0 Å². The number of aromatic nitrogens is 4. The third-order valence-electron chi connectivity index (χ3n) is 3.99. The summed E-state index contributed by atoms with van der Waals surface area (Å²) in [5, 5.41) is 1.32. The number of aromatic amines is 1. The Morgan fingerprint density at radius 2 is 2.04 bits per heavy atom. The largest absolute Gasteiger partial charge is 0.329 e. The van der Waals surface area contributed by atoms with E-state index in [1.807, 2.05) is 24.3 Å². The van der Waals surface area contributed by atoms with Crippen molar-refractivity contribution in [3.8, 4) is 0 Å². The lowest BCUT2D eigenvalue weighted by atomic mass is 10.2. The predicted molar refractivity (Wildman–Crippen MR) is 106 cm³/mol. The molecule has 3 aromatic rings. The Bertz CT molecular complexity index is 1060. The van der Waals surface area contributed by atoms with Crippen molar-refractivity contribution in [2.24, 2.45) is 7.05 Å². The molecule has 0 aliphatic rings. The van der Waals surface area contributed by atoms with E-state index in [4.69, 9.17) is 11.6 Å². The number of allylic oxidation sites excluding steroid dienone is 2. The lowest BCUT2D eigenvalue weighted by Gasteiger charge is -2.06. The number of thioether (sulfide) groups is 1. The van der Waals surface area contributed by atoms with Crippen LogP contribution >= 0.6 is 23.4 Å². The predicted octanol–water partition coefficient (Wildman–Crippen LogP) is 2.90. The number of nitrogens with one attached hydrogen (secondary N) is 1. The number of hydrogen-bond donors (Lipinski definition) is 1. The van der Waals surface area contributed by atoms with Gasteiger partial charge in [0.25, 0.3) is 5.56 Å². The molecular weight excluding hydrogens is 372 g/mol. The summed E-state index contributed by atoms with van der Waals surface area (Å²) in [6.07, 6.45) is 2.70. The van der Waals surface area contributed by atoms with Gasteiger partial charge in [-0.25, -0.2) is 9.78 Å². The molecule has 6 nitrogen and oxygen atoms in total. The zero-order valence-electron chi connectivity index (χ0n) is 14.5. The minimum absolute atomic E-state index is 0.376. The highest BCUT2D eigenvalue weighted by Gasteiger charge is 2.17. The van der Waals surface area contributed by atoms with Gasteiger partial charge in [0.05, 0.1) is 0 Å². The van der Waals surface area contributed by atoms with E-state index < -0.39 is 11.2 Å². The van der Waals surface area contributed by atoms with Crippen LogP contribution in [0.3, 0.4) is 0 Å². The van der Waals surface area contributed by atoms with Gasteiger partial charge in [-0.15, -0.1) is 0 Å². The third-order valence-corrected chi connectivity index (χ3v) is 5.12. The van der Waals surface area contributed by atoms with E-state index in [0.29, 0.717) is 27.9 Å². The Kier molecular flexibility index (Phi) is 5.68. The Morgan fingerprint density at radius 1 is 1.31 bits per heavy atom. The SMILES string of the molecule is C/C(Cl)=C/Cn1c(SCCc2ccccc2)nc2c1c(=O)[nH]c(=O)n2C. The van der Waals surface area contributed by atoms with Crippen molar-refractivity contribution in [3.63, 3.8) is 0 Å². The number of H-pyrrole nitrogens is 1. The highest BCUT2D eigenvalue weighted by atomic mass is 35.5. The number of benzene rings is 1. The first-order valence-electron chi connectivity index (χ1n) is 8.16. The normalized spacial score (nSPS) is 12.0. The molecule has 0 aliphatic heterocycles. The van der Waals surface area contributed by atoms with Crippen LogP contribution in [0.15, 0.2) is 56.2 Å². The maximum atomic E-state index is 12.3. The fourth-order valence-corrected chi connectivity index (χ4v) is 3.68. The molecule has 136 valence electrons.